The zero-order valence-electron chi connectivity index (χ0n) is 17.9. The summed E-state index contributed by atoms with van der Waals surface area (Å²) in [6.07, 6.45) is -4.30. The number of imide groups is 1. The highest BCUT2D eigenvalue weighted by molar-refractivity contribution is 6.23. The van der Waals surface area contributed by atoms with Crippen LogP contribution in [-0.2, 0) is 4.79 Å². The lowest BCUT2D eigenvalue weighted by atomic mass is 10.0. The lowest BCUT2D eigenvalue weighted by Gasteiger charge is -2.26. The van der Waals surface area contributed by atoms with Crippen LogP contribution in [0.5, 0.6) is 0 Å². The first-order valence-corrected chi connectivity index (χ1v) is 10.2. The summed E-state index contributed by atoms with van der Waals surface area (Å²) in [7, 11) is 0. The summed E-state index contributed by atoms with van der Waals surface area (Å²) in [6.45, 7) is 2.25. The van der Waals surface area contributed by atoms with Crippen LogP contribution in [0.25, 0.3) is 0 Å². The van der Waals surface area contributed by atoms with E-state index in [0.717, 1.165) is 4.90 Å². The molecule has 0 aromatic heterocycles. The Morgan fingerprint density at radius 1 is 0.939 bits per heavy atom. The Labute approximate surface area is 187 Å². The molecule has 1 aliphatic heterocycles. The molecule has 0 saturated heterocycles. The summed E-state index contributed by atoms with van der Waals surface area (Å²) in [5, 5.41) is 4.38. The Hall–Kier alpha value is -3.69. The average molecular weight is 461 g/mol. The number of alkyl halides is 3. The highest BCUT2D eigenvalue weighted by Gasteiger charge is 2.42. The van der Waals surface area contributed by atoms with Crippen LogP contribution in [0, 0.1) is 5.92 Å². The van der Waals surface area contributed by atoms with Crippen LogP contribution >= 0.6 is 0 Å². The van der Waals surface area contributed by atoms with Crippen LogP contribution in [0.1, 0.15) is 51.3 Å². The Balaban J connectivity index is 1.74. The molecule has 0 aliphatic carbocycles. The first-order chi connectivity index (χ1) is 15.5. The maximum atomic E-state index is 13.0. The van der Waals surface area contributed by atoms with Gasteiger partial charge in [0.05, 0.1) is 11.1 Å². The molecular weight excluding hydrogens is 439 g/mol. The van der Waals surface area contributed by atoms with Gasteiger partial charge in [-0.3, -0.25) is 24.1 Å². The van der Waals surface area contributed by atoms with Crippen molar-refractivity contribution in [2.24, 2.45) is 5.92 Å². The molecule has 7 nitrogen and oxygen atoms in total. The van der Waals surface area contributed by atoms with Gasteiger partial charge in [-0.1, -0.05) is 26.0 Å². The largest absolute Gasteiger partial charge is 0.405 e. The molecule has 0 spiro atoms. The van der Waals surface area contributed by atoms with Crippen molar-refractivity contribution in [1.29, 1.82) is 0 Å². The molecule has 1 aliphatic rings. The van der Waals surface area contributed by atoms with E-state index >= 15 is 0 Å². The van der Waals surface area contributed by atoms with Gasteiger partial charge in [0.25, 0.3) is 17.7 Å². The second-order valence-electron chi connectivity index (χ2n) is 8.04. The number of amides is 4. The second-order valence-corrected chi connectivity index (χ2v) is 8.04. The first kappa shape index (κ1) is 24.0. The van der Waals surface area contributed by atoms with Crippen molar-refractivity contribution in [3.63, 3.8) is 0 Å². The fraction of sp³-hybridized carbons (Fsp3) is 0.304. The van der Waals surface area contributed by atoms with Gasteiger partial charge in [-0.15, -0.1) is 0 Å². The third-order valence-corrected chi connectivity index (χ3v) is 5.00. The van der Waals surface area contributed by atoms with Crippen LogP contribution in [0.3, 0.4) is 0 Å². The van der Waals surface area contributed by atoms with Crippen molar-refractivity contribution in [3.05, 3.63) is 65.2 Å². The zero-order chi connectivity index (χ0) is 24.3. The number of carbonyl (C=O) groups excluding carboxylic acids is 4. The molecule has 0 saturated carbocycles. The first-order valence-electron chi connectivity index (χ1n) is 10.2. The van der Waals surface area contributed by atoms with E-state index in [9.17, 15) is 32.3 Å². The van der Waals surface area contributed by atoms with Gasteiger partial charge < -0.3 is 10.6 Å². The molecule has 0 fully saturated rings. The van der Waals surface area contributed by atoms with E-state index in [1.54, 1.807) is 17.4 Å². The van der Waals surface area contributed by atoms with Crippen molar-refractivity contribution in [2.45, 2.75) is 32.5 Å². The predicted octanol–water partition coefficient (Wildman–Crippen LogP) is 3.63. The van der Waals surface area contributed by atoms with Gasteiger partial charge in [0.15, 0.2) is 0 Å². The molecule has 3 rings (SSSR count). The second kappa shape index (κ2) is 9.43. The molecule has 1 heterocycles. The molecule has 4 amide bonds. The van der Waals surface area contributed by atoms with E-state index in [2.05, 4.69) is 5.32 Å². The lowest BCUT2D eigenvalue weighted by molar-refractivity contribution is -0.123. The molecule has 2 N–H and O–H groups in total. The Morgan fingerprint density at radius 2 is 1.48 bits per heavy atom. The quantitative estimate of drug-likeness (QED) is 0.616. The number of rotatable bonds is 7. The minimum absolute atomic E-state index is 0.00948. The number of hydrogen-bond donors (Lipinski definition) is 2. The molecule has 1 unspecified atom stereocenters. The standard InChI is InChI=1S/C23H22F3N3O4/c1-13(2)11-18(29-21(32)16-5-3-4-6-17(16)22(29)33)20(31)28-15-9-7-14(8-10-15)19(30)27-12-23(24,25)26/h3-10,13,18H,11-12H2,1-2H3,(H,27,30)(H,28,31). The number of fused-ring (bicyclic) bond motifs is 1. The zero-order valence-corrected chi connectivity index (χ0v) is 17.9. The Morgan fingerprint density at radius 3 is 1.97 bits per heavy atom. The third-order valence-electron chi connectivity index (χ3n) is 5.00. The lowest BCUT2D eigenvalue weighted by Crippen LogP contribution is -2.47. The average Bonchev–Trinajstić information content (AvgIpc) is 3.00. The maximum absolute atomic E-state index is 13.0. The van der Waals surface area contributed by atoms with E-state index in [0.29, 0.717) is 0 Å². The molecule has 2 aromatic rings. The molecule has 0 bridgehead atoms. The molecule has 2 aromatic carbocycles. The van der Waals surface area contributed by atoms with Gasteiger partial charge in [-0.2, -0.15) is 13.2 Å². The molecule has 174 valence electrons. The number of carbonyl (C=O) groups is 4. The summed E-state index contributed by atoms with van der Waals surface area (Å²) in [4.78, 5) is 51.5. The van der Waals surface area contributed by atoms with Gasteiger partial charge in [0, 0.05) is 11.3 Å². The monoisotopic (exact) mass is 461 g/mol. The van der Waals surface area contributed by atoms with E-state index in [1.807, 2.05) is 13.8 Å². The summed E-state index contributed by atoms with van der Waals surface area (Å²) in [5.74, 6) is -2.60. The molecule has 1 atom stereocenters. The minimum atomic E-state index is -4.53. The van der Waals surface area contributed by atoms with E-state index < -0.39 is 42.4 Å². The van der Waals surface area contributed by atoms with E-state index in [4.69, 9.17) is 0 Å². The minimum Gasteiger partial charge on any atom is -0.343 e. The maximum Gasteiger partial charge on any atom is 0.405 e. The highest BCUT2D eigenvalue weighted by atomic mass is 19.4. The van der Waals surface area contributed by atoms with Crippen molar-refractivity contribution in [1.82, 2.24) is 10.2 Å². The Bertz CT molecular complexity index is 1050. The van der Waals surface area contributed by atoms with Crippen molar-refractivity contribution < 1.29 is 32.3 Å². The van der Waals surface area contributed by atoms with Gasteiger partial charge in [-0.25, -0.2) is 0 Å². The molecular formula is C23H22F3N3O4. The topological polar surface area (TPSA) is 95.6 Å². The fourth-order valence-corrected chi connectivity index (χ4v) is 3.48. The van der Waals surface area contributed by atoms with Crippen LogP contribution in [0.4, 0.5) is 18.9 Å². The van der Waals surface area contributed by atoms with Gasteiger partial charge in [0.1, 0.15) is 12.6 Å². The van der Waals surface area contributed by atoms with Crippen LogP contribution in [-0.4, -0.2) is 47.3 Å². The van der Waals surface area contributed by atoms with Crippen LogP contribution in [0.2, 0.25) is 0 Å². The summed E-state index contributed by atoms with van der Waals surface area (Å²) in [5.41, 5.74) is 0.714. The van der Waals surface area contributed by atoms with Crippen molar-refractivity contribution >= 4 is 29.3 Å². The van der Waals surface area contributed by atoms with E-state index in [1.165, 1.54) is 36.4 Å². The number of benzene rings is 2. The SMILES string of the molecule is CC(C)CC(C(=O)Nc1ccc(C(=O)NCC(F)(F)F)cc1)N1C(=O)c2ccccc2C1=O. The molecule has 0 radical (unpaired) electrons. The number of nitrogens with one attached hydrogen (secondary N) is 2. The van der Waals surface area contributed by atoms with Crippen molar-refractivity contribution in [2.75, 3.05) is 11.9 Å². The fourth-order valence-electron chi connectivity index (χ4n) is 3.48. The normalized spacial score (nSPS) is 14.3. The van der Waals surface area contributed by atoms with Gasteiger partial charge in [-0.05, 0) is 48.7 Å². The smallest absolute Gasteiger partial charge is 0.343 e. The van der Waals surface area contributed by atoms with Crippen LogP contribution < -0.4 is 10.6 Å². The highest BCUT2D eigenvalue weighted by Crippen LogP contribution is 2.27. The number of anilines is 1. The summed E-state index contributed by atoms with van der Waals surface area (Å²) in [6, 6.07) is 10.5. The summed E-state index contributed by atoms with van der Waals surface area (Å²) < 4.78 is 36.8. The number of hydrogen-bond acceptors (Lipinski definition) is 4. The molecule has 33 heavy (non-hydrogen) atoms. The molecule has 10 heteroatoms. The van der Waals surface area contributed by atoms with E-state index in [-0.39, 0.29) is 34.7 Å². The Kier molecular flexibility index (Phi) is 6.85. The number of halogens is 3. The van der Waals surface area contributed by atoms with Crippen molar-refractivity contribution in [3.8, 4) is 0 Å². The third kappa shape index (κ3) is 5.57. The van der Waals surface area contributed by atoms with Gasteiger partial charge >= 0.3 is 6.18 Å². The number of nitrogens with zero attached hydrogens (tertiary/aromatic N) is 1. The summed E-state index contributed by atoms with van der Waals surface area (Å²) >= 11 is 0. The van der Waals surface area contributed by atoms with Gasteiger partial charge in [0.2, 0.25) is 5.91 Å². The predicted molar refractivity (Wildman–Crippen MR) is 114 cm³/mol. The van der Waals surface area contributed by atoms with Crippen LogP contribution in [0.15, 0.2) is 48.5 Å².